The number of allylic oxidation sites excluding steroid dienone is 1. The molecule has 1 rings (SSSR count). The molecule has 1 N–H and O–H groups in total. The summed E-state index contributed by atoms with van der Waals surface area (Å²) in [6, 6.07) is 6.94. The summed E-state index contributed by atoms with van der Waals surface area (Å²) >= 11 is 0. The van der Waals surface area contributed by atoms with Gasteiger partial charge in [-0.15, -0.1) is 0 Å². The number of ether oxygens (including phenoxy) is 1. The summed E-state index contributed by atoms with van der Waals surface area (Å²) in [4.78, 5) is 21.5. The van der Waals surface area contributed by atoms with Crippen molar-refractivity contribution in [1.82, 2.24) is 0 Å². The third-order valence-corrected chi connectivity index (χ3v) is 2.46. The van der Waals surface area contributed by atoms with Crippen LogP contribution in [-0.2, 0) is 9.59 Å². The van der Waals surface area contributed by atoms with Gasteiger partial charge in [0.2, 0.25) is 0 Å². The van der Waals surface area contributed by atoms with E-state index in [0.29, 0.717) is 16.9 Å². The average molecular weight is 234 g/mol. The van der Waals surface area contributed by atoms with Crippen molar-refractivity contribution in [2.75, 3.05) is 7.11 Å². The number of hydrogen-bond acceptors (Lipinski definition) is 3. The predicted octanol–water partition coefficient (Wildman–Crippen LogP) is 2.02. The second-order valence-electron chi connectivity index (χ2n) is 3.75. The van der Waals surface area contributed by atoms with Gasteiger partial charge in [0.1, 0.15) is 11.7 Å². The zero-order chi connectivity index (χ0) is 12.8. The van der Waals surface area contributed by atoms with Crippen LogP contribution >= 0.6 is 0 Å². The van der Waals surface area contributed by atoms with Crippen LogP contribution in [0.5, 0.6) is 5.75 Å². The molecule has 90 valence electrons. The Labute approximate surface area is 99.5 Å². The maximum Gasteiger partial charge on any atom is 0.303 e. The highest BCUT2D eigenvalue weighted by molar-refractivity contribution is 5.90. The van der Waals surface area contributed by atoms with Gasteiger partial charge in [-0.2, -0.15) is 0 Å². The highest BCUT2D eigenvalue weighted by Gasteiger charge is 2.16. The molecule has 17 heavy (non-hydrogen) atoms. The van der Waals surface area contributed by atoms with Crippen LogP contribution in [0.15, 0.2) is 24.3 Å². The van der Waals surface area contributed by atoms with Gasteiger partial charge in [-0.05, 0) is 17.7 Å². The third-order valence-electron chi connectivity index (χ3n) is 2.46. The Bertz CT molecular complexity index is 458. The van der Waals surface area contributed by atoms with Gasteiger partial charge in [0.15, 0.2) is 0 Å². The first-order chi connectivity index (χ1) is 8.08. The van der Waals surface area contributed by atoms with Gasteiger partial charge >= 0.3 is 5.97 Å². The van der Waals surface area contributed by atoms with Gasteiger partial charge < -0.3 is 9.84 Å². The highest BCUT2D eigenvalue weighted by atomic mass is 16.5. The lowest BCUT2D eigenvalue weighted by molar-refractivity contribution is -0.137. The molecule has 0 amide bonds. The molecule has 4 nitrogen and oxygen atoms in total. The van der Waals surface area contributed by atoms with Crippen LogP contribution in [0, 0.1) is 5.92 Å². The van der Waals surface area contributed by atoms with E-state index in [2.05, 4.69) is 0 Å². The van der Waals surface area contributed by atoms with E-state index in [1.165, 1.54) is 7.11 Å². The lowest BCUT2D eigenvalue weighted by Crippen LogP contribution is -2.07. The summed E-state index contributed by atoms with van der Waals surface area (Å²) < 4.78 is 5.05. The van der Waals surface area contributed by atoms with Crippen LogP contribution in [0.25, 0.3) is 5.57 Å². The maximum atomic E-state index is 10.9. The van der Waals surface area contributed by atoms with E-state index >= 15 is 0 Å². The van der Waals surface area contributed by atoms with Crippen molar-refractivity contribution in [3.05, 3.63) is 29.8 Å². The van der Waals surface area contributed by atoms with E-state index in [1.807, 2.05) is 5.94 Å². The quantitative estimate of drug-likeness (QED) is 0.792. The van der Waals surface area contributed by atoms with E-state index < -0.39 is 5.97 Å². The van der Waals surface area contributed by atoms with Crippen LogP contribution < -0.4 is 4.74 Å². The molecule has 0 aromatic heterocycles. The summed E-state index contributed by atoms with van der Waals surface area (Å²) in [7, 11) is 1.53. The van der Waals surface area contributed by atoms with Crippen molar-refractivity contribution >= 4 is 17.5 Å². The molecular formula is C13H14O4. The first kappa shape index (κ1) is 13.0. The first-order valence-corrected chi connectivity index (χ1v) is 5.19. The Morgan fingerprint density at radius 1 is 1.53 bits per heavy atom. The molecule has 0 saturated carbocycles. The third kappa shape index (κ3) is 3.47. The molecule has 0 fully saturated rings. The Hall–Kier alpha value is -2.06. The fourth-order valence-corrected chi connectivity index (χ4v) is 1.60. The topological polar surface area (TPSA) is 63.6 Å². The number of carboxylic acids is 1. The van der Waals surface area contributed by atoms with Gasteiger partial charge in [-0.25, -0.2) is 4.79 Å². The lowest BCUT2D eigenvalue weighted by atomic mass is 9.92. The average Bonchev–Trinajstić information content (AvgIpc) is 2.29. The van der Waals surface area contributed by atoms with Crippen molar-refractivity contribution in [2.45, 2.75) is 13.3 Å². The van der Waals surface area contributed by atoms with Crippen molar-refractivity contribution in [3.63, 3.8) is 0 Å². The lowest BCUT2D eigenvalue weighted by Gasteiger charge is -2.11. The van der Waals surface area contributed by atoms with E-state index in [9.17, 15) is 9.59 Å². The Kier molecular flexibility index (Phi) is 4.49. The van der Waals surface area contributed by atoms with Crippen LogP contribution in [0.4, 0.5) is 0 Å². The highest BCUT2D eigenvalue weighted by Crippen LogP contribution is 2.26. The second kappa shape index (κ2) is 5.87. The minimum atomic E-state index is -0.937. The van der Waals surface area contributed by atoms with Crippen molar-refractivity contribution in [2.24, 2.45) is 5.92 Å². The molecule has 1 unspecified atom stereocenters. The summed E-state index contributed by atoms with van der Waals surface area (Å²) in [5, 5.41) is 8.71. The Morgan fingerprint density at radius 3 is 2.76 bits per heavy atom. The number of aliphatic carboxylic acids is 1. The molecule has 1 atom stereocenters. The number of carboxylic acid groups (broad SMARTS) is 1. The Morgan fingerprint density at radius 2 is 2.24 bits per heavy atom. The van der Waals surface area contributed by atoms with Gasteiger partial charge in [0.25, 0.3) is 0 Å². The minimum absolute atomic E-state index is 0.0955. The van der Waals surface area contributed by atoms with Crippen LogP contribution in [-0.4, -0.2) is 24.1 Å². The van der Waals surface area contributed by atoms with E-state index in [4.69, 9.17) is 9.84 Å². The van der Waals surface area contributed by atoms with Crippen LogP contribution in [0.2, 0.25) is 0 Å². The standard InChI is InChI=1S/C13H14O4/c1-9(6-13(15)16)12(8-14)10-4-3-5-11(7-10)17-2/h3-5,7,9H,6H2,1-2H3,(H,15,16). The predicted molar refractivity (Wildman–Crippen MR) is 63.5 cm³/mol. The zero-order valence-electron chi connectivity index (χ0n) is 9.77. The molecule has 4 heteroatoms. The normalized spacial score (nSPS) is 11.4. The molecule has 0 saturated heterocycles. The summed E-state index contributed by atoms with van der Waals surface area (Å²) in [5.41, 5.74) is 0.999. The number of methoxy groups -OCH3 is 1. The largest absolute Gasteiger partial charge is 0.497 e. The van der Waals surface area contributed by atoms with E-state index in [-0.39, 0.29) is 12.3 Å². The van der Waals surface area contributed by atoms with Crippen molar-refractivity contribution in [3.8, 4) is 5.75 Å². The SMILES string of the molecule is COc1cccc(C(=C=O)C(C)CC(=O)O)c1. The number of hydrogen-bond donors (Lipinski definition) is 1. The molecular weight excluding hydrogens is 220 g/mol. The molecule has 0 bridgehead atoms. The van der Waals surface area contributed by atoms with Gasteiger partial charge in [-0.3, -0.25) is 4.79 Å². The fraction of sp³-hybridized carbons (Fsp3) is 0.308. The minimum Gasteiger partial charge on any atom is -0.497 e. The molecule has 0 aliphatic rings. The van der Waals surface area contributed by atoms with Gasteiger partial charge in [-0.1, -0.05) is 19.1 Å². The van der Waals surface area contributed by atoms with E-state index in [1.54, 1.807) is 31.2 Å². The molecule has 0 spiro atoms. The molecule has 0 heterocycles. The van der Waals surface area contributed by atoms with Crippen LogP contribution in [0.1, 0.15) is 18.9 Å². The molecule has 1 aromatic rings. The Balaban J connectivity index is 3.02. The molecule has 0 aliphatic carbocycles. The molecule has 1 aromatic carbocycles. The van der Waals surface area contributed by atoms with Crippen molar-refractivity contribution in [1.29, 1.82) is 0 Å². The summed E-state index contributed by atoms with van der Waals surface area (Å²) in [6.07, 6.45) is -0.0955. The fourth-order valence-electron chi connectivity index (χ4n) is 1.60. The molecule has 0 aliphatic heterocycles. The number of rotatable bonds is 5. The number of benzene rings is 1. The second-order valence-corrected chi connectivity index (χ2v) is 3.75. The first-order valence-electron chi connectivity index (χ1n) is 5.19. The number of carbonyl (C=O) groups excluding carboxylic acids is 1. The van der Waals surface area contributed by atoms with Gasteiger partial charge in [0, 0.05) is 11.5 Å². The number of carbonyl (C=O) groups is 1. The van der Waals surface area contributed by atoms with Crippen molar-refractivity contribution < 1.29 is 19.4 Å². The smallest absolute Gasteiger partial charge is 0.303 e. The summed E-state index contributed by atoms with van der Waals surface area (Å²) in [6.45, 7) is 1.69. The van der Waals surface area contributed by atoms with Gasteiger partial charge in [0.05, 0.1) is 13.5 Å². The maximum absolute atomic E-state index is 10.9. The zero-order valence-corrected chi connectivity index (χ0v) is 9.77. The van der Waals surface area contributed by atoms with Crippen LogP contribution in [0.3, 0.4) is 0 Å². The monoisotopic (exact) mass is 234 g/mol. The summed E-state index contributed by atoms with van der Waals surface area (Å²) in [5.74, 6) is 1.13. The van der Waals surface area contributed by atoms with E-state index in [0.717, 1.165) is 0 Å². The molecule has 0 radical (unpaired) electrons.